The third kappa shape index (κ3) is 3.68. The first-order valence-electron chi connectivity index (χ1n) is 9.51. The van der Waals surface area contributed by atoms with Crippen molar-refractivity contribution in [3.05, 3.63) is 86.9 Å². The molecule has 0 saturated carbocycles. The van der Waals surface area contributed by atoms with Crippen LogP contribution in [-0.2, 0) is 14.3 Å². The first-order chi connectivity index (χ1) is 15.3. The number of thiazole rings is 1. The molecule has 1 unspecified atom stereocenters. The highest BCUT2D eigenvalue weighted by molar-refractivity contribution is 7.17. The number of carbonyl (C=O) groups excluding carboxylic acids is 3. The number of esters is 1. The summed E-state index contributed by atoms with van der Waals surface area (Å²) < 4.78 is 4.78. The molecule has 2 aromatic carbocycles. The Bertz CT molecular complexity index is 1250. The Morgan fingerprint density at radius 2 is 1.78 bits per heavy atom. The van der Waals surface area contributed by atoms with Crippen molar-refractivity contribution in [1.29, 1.82) is 0 Å². The number of rotatable bonds is 4. The van der Waals surface area contributed by atoms with Crippen molar-refractivity contribution in [2.24, 2.45) is 0 Å². The molecule has 7 nitrogen and oxygen atoms in total. The number of aliphatic hydroxyl groups excluding tert-OH is 1. The van der Waals surface area contributed by atoms with Crippen LogP contribution in [0.3, 0.4) is 0 Å². The lowest BCUT2D eigenvalue weighted by molar-refractivity contribution is -0.132. The van der Waals surface area contributed by atoms with Crippen LogP contribution in [0.25, 0.3) is 5.76 Å². The van der Waals surface area contributed by atoms with Gasteiger partial charge < -0.3 is 9.84 Å². The molecule has 1 aliphatic rings. The lowest BCUT2D eigenvalue weighted by Crippen LogP contribution is -2.29. The number of benzene rings is 2. The lowest BCUT2D eigenvalue weighted by atomic mass is 9.95. The van der Waals surface area contributed by atoms with E-state index >= 15 is 0 Å². The van der Waals surface area contributed by atoms with Gasteiger partial charge in [0, 0.05) is 10.6 Å². The molecular formula is C23H17ClN2O5S. The third-order valence-electron chi connectivity index (χ3n) is 5.04. The van der Waals surface area contributed by atoms with Gasteiger partial charge in [-0.3, -0.25) is 14.5 Å². The minimum Gasteiger partial charge on any atom is -0.507 e. The summed E-state index contributed by atoms with van der Waals surface area (Å²) in [6.07, 6.45) is 0. The van der Waals surface area contributed by atoms with Crippen LogP contribution in [0.1, 0.15) is 32.5 Å². The molecule has 1 N–H and O–H groups in total. The molecule has 0 aliphatic carbocycles. The largest absolute Gasteiger partial charge is 0.507 e. The fourth-order valence-electron chi connectivity index (χ4n) is 3.51. The van der Waals surface area contributed by atoms with Gasteiger partial charge in [-0.05, 0) is 24.6 Å². The highest BCUT2D eigenvalue weighted by Gasteiger charge is 2.48. The maximum absolute atomic E-state index is 13.1. The number of nitrogens with zero attached hydrogens (tertiary/aromatic N) is 2. The van der Waals surface area contributed by atoms with Crippen molar-refractivity contribution in [2.75, 3.05) is 12.0 Å². The number of anilines is 1. The van der Waals surface area contributed by atoms with Gasteiger partial charge in [0.1, 0.15) is 10.6 Å². The molecule has 4 rings (SSSR count). The van der Waals surface area contributed by atoms with Gasteiger partial charge in [0.25, 0.3) is 5.78 Å². The van der Waals surface area contributed by atoms with Gasteiger partial charge in [0.15, 0.2) is 5.13 Å². The predicted octanol–water partition coefficient (Wildman–Crippen LogP) is 4.52. The first-order valence-corrected chi connectivity index (χ1v) is 10.7. The Hall–Kier alpha value is -3.49. The van der Waals surface area contributed by atoms with Gasteiger partial charge in [0.2, 0.25) is 0 Å². The maximum Gasteiger partial charge on any atom is 0.350 e. The molecule has 3 aromatic rings. The van der Waals surface area contributed by atoms with Crippen molar-refractivity contribution in [2.45, 2.75) is 13.0 Å². The zero-order chi connectivity index (χ0) is 23.0. The summed E-state index contributed by atoms with van der Waals surface area (Å²) in [7, 11) is 1.25. The fraction of sp³-hybridized carbons (Fsp3) is 0.130. The minimum atomic E-state index is -0.955. The van der Waals surface area contributed by atoms with Crippen LogP contribution >= 0.6 is 22.9 Å². The summed E-state index contributed by atoms with van der Waals surface area (Å²) in [5, 5.41) is 11.6. The summed E-state index contributed by atoms with van der Waals surface area (Å²) in [5.41, 5.74) is 1.25. The minimum absolute atomic E-state index is 0.0732. The molecule has 1 saturated heterocycles. The SMILES string of the molecule is COC(=O)c1sc(N2C(=O)C(=O)/C(=C(/O)c3ccccc3)C2c2ccc(Cl)cc2)nc1C. The second kappa shape index (κ2) is 8.57. The lowest BCUT2D eigenvalue weighted by Gasteiger charge is -2.23. The molecule has 1 amide bonds. The number of hydrogen-bond acceptors (Lipinski definition) is 7. The number of ketones is 1. The average molecular weight is 469 g/mol. The van der Waals surface area contributed by atoms with Crippen LogP contribution in [-0.4, -0.2) is 34.9 Å². The molecule has 1 atom stereocenters. The molecule has 1 aromatic heterocycles. The van der Waals surface area contributed by atoms with Crippen LogP contribution in [0, 0.1) is 6.92 Å². The van der Waals surface area contributed by atoms with Gasteiger partial charge in [-0.1, -0.05) is 65.4 Å². The molecule has 9 heteroatoms. The van der Waals surface area contributed by atoms with E-state index in [4.69, 9.17) is 16.3 Å². The Morgan fingerprint density at radius 3 is 2.41 bits per heavy atom. The summed E-state index contributed by atoms with van der Waals surface area (Å²) in [6.45, 7) is 1.62. The zero-order valence-corrected chi connectivity index (χ0v) is 18.6. The van der Waals surface area contributed by atoms with Gasteiger partial charge in [-0.15, -0.1) is 0 Å². The number of aliphatic hydroxyl groups is 1. The van der Waals surface area contributed by atoms with Crippen LogP contribution in [0.15, 0.2) is 60.2 Å². The maximum atomic E-state index is 13.1. The van der Waals surface area contributed by atoms with E-state index in [0.29, 0.717) is 21.8 Å². The summed E-state index contributed by atoms with van der Waals surface area (Å²) in [5.74, 6) is -2.59. The van der Waals surface area contributed by atoms with Crippen molar-refractivity contribution in [3.63, 3.8) is 0 Å². The van der Waals surface area contributed by atoms with Crippen molar-refractivity contribution in [3.8, 4) is 0 Å². The first kappa shape index (κ1) is 21.7. The monoisotopic (exact) mass is 468 g/mol. The number of methoxy groups -OCH3 is 1. The molecule has 0 radical (unpaired) electrons. The molecule has 2 heterocycles. The van der Waals surface area contributed by atoms with E-state index < -0.39 is 23.7 Å². The summed E-state index contributed by atoms with van der Waals surface area (Å²) in [6, 6.07) is 14.2. The zero-order valence-electron chi connectivity index (χ0n) is 17.0. The van der Waals surface area contributed by atoms with Gasteiger partial charge in [-0.25, -0.2) is 9.78 Å². The summed E-state index contributed by atoms with van der Waals surface area (Å²) >= 11 is 6.97. The molecule has 1 aliphatic heterocycles. The van der Waals surface area contributed by atoms with Crippen LogP contribution < -0.4 is 4.90 Å². The summed E-state index contributed by atoms with van der Waals surface area (Å²) in [4.78, 5) is 44.0. The Labute approximate surface area is 192 Å². The number of hydrogen-bond donors (Lipinski definition) is 1. The normalized spacial score (nSPS) is 17.6. The van der Waals surface area contributed by atoms with E-state index in [1.54, 1.807) is 61.5 Å². The number of aromatic nitrogens is 1. The topological polar surface area (TPSA) is 96.8 Å². The van der Waals surface area contributed by atoms with Gasteiger partial charge >= 0.3 is 11.9 Å². The average Bonchev–Trinajstić information content (AvgIpc) is 3.31. The molecule has 0 spiro atoms. The predicted molar refractivity (Wildman–Crippen MR) is 121 cm³/mol. The van der Waals surface area contributed by atoms with Crippen LogP contribution in [0.4, 0.5) is 5.13 Å². The molecule has 0 bridgehead atoms. The van der Waals surface area contributed by atoms with Crippen molar-refractivity contribution < 1.29 is 24.2 Å². The van der Waals surface area contributed by atoms with E-state index in [2.05, 4.69) is 4.98 Å². The number of amides is 1. The number of halogens is 1. The van der Waals surface area contributed by atoms with Crippen LogP contribution in [0.5, 0.6) is 0 Å². The number of ether oxygens (including phenoxy) is 1. The van der Waals surface area contributed by atoms with E-state index in [0.717, 1.165) is 11.3 Å². The van der Waals surface area contributed by atoms with E-state index in [9.17, 15) is 19.5 Å². The highest BCUT2D eigenvalue weighted by atomic mass is 35.5. The standard InChI is InChI=1S/C23H17ClN2O5S/c1-12-20(22(30)31-2)32-23(25-12)26-17(13-8-10-15(24)11-9-13)16(19(28)21(26)29)18(27)14-6-4-3-5-7-14/h3-11,17,27H,1-2H3/b18-16+. The fourth-order valence-corrected chi connectivity index (χ4v) is 4.65. The van der Waals surface area contributed by atoms with E-state index in [-0.39, 0.29) is 21.3 Å². The van der Waals surface area contributed by atoms with Crippen molar-refractivity contribution in [1.82, 2.24) is 4.98 Å². The molecule has 1 fully saturated rings. The van der Waals surface area contributed by atoms with Crippen LogP contribution in [0.2, 0.25) is 5.02 Å². The number of Topliss-reactive ketones (excluding diaryl/α,β-unsaturated/α-hetero) is 1. The highest BCUT2D eigenvalue weighted by Crippen LogP contribution is 2.44. The number of aryl methyl sites for hydroxylation is 1. The van der Waals surface area contributed by atoms with Crippen molar-refractivity contribution >= 4 is 51.5 Å². The van der Waals surface area contributed by atoms with Gasteiger partial charge in [0.05, 0.1) is 24.4 Å². The third-order valence-corrected chi connectivity index (χ3v) is 6.43. The Morgan fingerprint density at radius 1 is 1.12 bits per heavy atom. The quantitative estimate of drug-likeness (QED) is 0.262. The molecule has 32 heavy (non-hydrogen) atoms. The Balaban J connectivity index is 1.93. The number of carbonyl (C=O) groups is 3. The van der Waals surface area contributed by atoms with E-state index in [1.165, 1.54) is 12.0 Å². The van der Waals surface area contributed by atoms with Gasteiger partial charge in [-0.2, -0.15) is 0 Å². The smallest absolute Gasteiger partial charge is 0.350 e. The molecular weight excluding hydrogens is 452 g/mol. The van der Waals surface area contributed by atoms with E-state index in [1.807, 2.05) is 0 Å². The Kier molecular flexibility index (Phi) is 5.82. The molecule has 162 valence electrons. The second-order valence-corrected chi connectivity index (χ2v) is 8.40. The second-order valence-electron chi connectivity index (χ2n) is 6.99.